The molecule has 0 N–H and O–H groups in total. The van der Waals surface area contributed by atoms with Crippen LogP contribution in [0.3, 0.4) is 0 Å². The maximum atomic E-state index is 13.1. The largest absolute Gasteiger partial charge is 0.420 e. The quantitative estimate of drug-likeness (QED) is 0.385. The van der Waals surface area contributed by atoms with E-state index in [1.54, 1.807) is 47.9 Å². The molecule has 2 aromatic heterocycles. The summed E-state index contributed by atoms with van der Waals surface area (Å²) >= 11 is 1.27. The first-order chi connectivity index (χ1) is 15.3. The van der Waals surface area contributed by atoms with Crippen LogP contribution in [-0.2, 0) is 21.2 Å². The molecule has 0 unspecified atom stereocenters. The molecule has 32 heavy (non-hydrogen) atoms. The minimum atomic E-state index is -3.29. The third kappa shape index (κ3) is 4.27. The summed E-state index contributed by atoms with van der Waals surface area (Å²) in [5.74, 6) is -0.948. The molecule has 0 aliphatic rings. The van der Waals surface area contributed by atoms with E-state index >= 15 is 0 Å². The molecule has 2 heterocycles. The van der Waals surface area contributed by atoms with Gasteiger partial charge >= 0.3 is 5.76 Å². The van der Waals surface area contributed by atoms with Crippen molar-refractivity contribution in [3.63, 3.8) is 0 Å². The maximum Gasteiger partial charge on any atom is 0.420 e. The van der Waals surface area contributed by atoms with Crippen molar-refractivity contribution in [2.75, 3.05) is 17.7 Å². The maximum absolute atomic E-state index is 13.1. The fourth-order valence-corrected chi connectivity index (χ4v) is 4.68. The Morgan fingerprint density at radius 1 is 1.22 bits per heavy atom. The van der Waals surface area contributed by atoms with E-state index in [-0.39, 0.29) is 23.9 Å². The van der Waals surface area contributed by atoms with Gasteiger partial charge in [-0.2, -0.15) is 0 Å². The van der Waals surface area contributed by atoms with Gasteiger partial charge in [-0.1, -0.05) is 30.3 Å². The molecule has 0 fully saturated rings. The minimum absolute atomic E-state index is 0.207. The second-order valence-electron chi connectivity index (χ2n) is 7.03. The molecule has 0 atom stereocenters. The van der Waals surface area contributed by atoms with Gasteiger partial charge in [-0.3, -0.25) is 14.3 Å². The van der Waals surface area contributed by atoms with Crippen molar-refractivity contribution in [2.45, 2.75) is 11.4 Å². The van der Waals surface area contributed by atoms with Crippen LogP contribution in [0.4, 0.5) is 5.13 Å². The summed E-state index contributed by atoms with van der Waals surface area (Å²) in [6.45, 7) is 3.71. The second kappa shape index (κ2) is 8.56. The number of hydrogen-bond acceptors (Lipinski definition) is 7. The SMILES string of the molecule is C=CCN(C(=O)Cn1c(=O)oc2ccccc21)c1nc(-c2ccc(S(C)(=O)=O)cc2)cs1. The van der Waals surface area contributed by atoms with E-state index in [9.17, 15) is 18.0 Å². The van der Waals surface area contributed by atoms with Crippen LogP contribution in [-0.4, -0.2) is 36.7 Å². The zero-order valence-corrected chi connectivity index (χ0v) is 18.7. The number of para-hydroxylation sites is 2. The Kier molecular flexibility index (Phi) is 5.81. The number of amides is 1. The van der Waals surface area contributed by atoms with E-state index in [1.807, 2.05) is 0 Å². The second-order valence-corrected chi connectivity index (χ2v) is 9.88. The summed E-state index contributed by atoms with van der Waals surface area (Å²) in [4.78, 5) is 31.5. The molecule has 8 nitrogen and oxygen atoms in total. The van der Waals surface area contributed by atoms with Gasteiger partial charge < -0.3 is 4.42 Å². The predicted molar refractivity (Wildman–Crippen MR) is 124 cm³/mol. The third-order valence-electron chi connectivity index (χ3n) is 4.78. The number of anilines is 1. The Labute approximate surface area is 188 Å². The number of thiazole rings is 1. The van der Waals surface area contributed by atoms with Crippen LogP contribution in [0.2, 0.25) is 0 Å². The lowest BCUT2D eigenvalue weighted by Crippen LogP contribution is -2.35. The molecule has 0 radical (unpaired) electrons. The summed E-state index contributed by atoms with van der Waals surface area (Å²) in [5.41, 5.74) is 2.28. The van der Waals surface area contributed by atoms with Crippen LogP contribution >= 0.6 is 11.3 Å². The van der Waals surface area contributed by atoms with Crippen LogP contribution in [0.25, 0.3) is 22.4 Å². The number of fused-ring (bicyclic) bond motifs is 1. The number of hydrogen-bond donors (Lipinski definition) is 0. The number of carbonyl (C=O) groups is 1. The number of carbonyl (C=O) groups excluding carboxylic acids is 1. The lowest BCUT2D eigenvalue weighted by Gasteiger charge is -2.18. The number of nitrogens with zero attached hydrogens (tertiary/aromatic N) is 3. The number of aromatic nitrogens is 2. The normalized spacial score (nSPS) is 11.5. The van der Waals surface area contributed by atoms with Gasteiger partial charge in [0.15, 0.2) is 20.6 Å². The van der Waals surface area contributed by atoms with Crippen LogP contribution in [0.15, 0.2) is 80.7 Å². The topological polar surface area (TPSA) is 102 Å². The van der Waals surface area contributed by atoms with E-state index in [0.717, 1.165) is 11.8 Å². The molecule has 4 rings (SSSR count). The first-order valence-corrected chi connectivity index (χ1v) is 12.3. The van der Waals surface area contributed by atoms with Gasteiger partial charge in [-0.05, 0) is 24.3 Å². The first-order valence-electron chi connectivity index (χ1n) is 9.53. The van der Waals surface area contributed by atoms with Crippen LogP contribution < -0.4 is 10.7 Å². The predicted octanol–water partition coefficient (Wildman–Crippen LogP) is 3.34. The molecule has 0 saturated heterocycles. The van der Waals surface area contributed by atoms with Crippen LogP contribution in [0, 0.1) is 0 Å². The van der Waals surface area contributed by atoms with E-state index < -0.39 is 15.6 Å². The molecule has 0 aliphatic carbocycles. The molecule has 0 aliphatic heterocycles. The van der Waals surface area contributed by atoms with Gasteiger partial charge in [0.1, 0.15) is 6.54 Å². The summed E-state index contributed by atoms with van der Waals surface area (Å²) in [6, 6.07) is 13.3. The van der Waals surface area contributed by atoms with E-state index in [1.165, 1.54) is 32.9 Å². The standard InChI is InChI=1S/C22H19N3O5S2/c1-3-12-24(20(26)13-25-18-6-4-5-7-19(18)30-22(25)27)21-23-17(14-31-21)15-8-10-16(11-9-15)32(2,28)29/h3-11,14H,1,12-13H2,2H3. The highest BCUT2D eigenvalue weighted by atomic mass is 32.2. The van der Waals surface area contributed by atoms with E-state index in [2.05, 4.69) is 11.6 Å². The fourth-order valence-electron chi connectivity index (χ4n) is 3.19. The molecule has 164 valence electrons. The molecule has 10 heteroatoms. The van der Waals surface area contributed by atoms with Crippen molar-refractivity contribution in [1.82, 2.24) is 9.55 Å². The lowest BCUT2D eigenvalue weighted by atomic mass is 10.2. The minimum Gasteiger partial charge on any atom is -0.408 e. The Morgan fingerprint density at radius 2 is 1.94 bits per heavy atom. The molecule has 1 amide bonds. The van der Waals surface area contributed by atoms with Crippen molar-refractivity contribution in [3.05, 3.63) is 77.1 Å². The summed E-state index contributed by atoms with van der Waals surface area (Å²) in [7, 11) is -3.29. The van der Waals surface area contributed by atoms with Crippen LogP contribution in [0.1, 0.15) is 0 Å². The van der Waals surface area contributed by atoms with Gasteiger partial charge in [0.2, 0.25) is 5.91 Å². The Morgan fingerprint density at radius 3 is 2.62 bits per heavy atom. The van der Waals surface area contributed by atoms with Crippen molar-refractivity contribution in [2.24, 2.45) is 0 Å². The smallest absolute Gasteiger partial charge is 0.408 e. The van der Waals surface area contributed by atoms with Gasteiger partial charge in [0, 0.05) is 23.7 Å². The van der Waals surface area contributed by atoms with Gasteiger partial charge in [-0.25, -0.2) is 18.2 Å². The molecule has 0 spiro atoms. The number of sulfone groups is 1. The molecule has 4 aromatic rings. The molecule has 0 saturated carbocycles. The number of benzene rings is 2. The molecule has 2 aromatic carbocycles. The lowest BCUT2D eigenvalue weighted by molar-refractivity contribution is -0.119. The van der Waals surface area contributed by atoms with Crippen molar-refractivity contribution >= 4 is 43.3 Å². The highest BCUT2D eigenvalue weighted by Gasteiger charge is 2.21. The third-order valence-corrected chi connectivity index (χ3v) is 6.77. The average molecular weight is 470 g/mol. The van der Waals surface area contributed by atoms with Gasteiger partial charge in [0.25, 0.3) is 0 Å². The zero-order valence-electron chi connectivity index (χ0n) is 17.1. The highest BCUT2D eigenvalue weighted by Crippen LogP contribution is 2.28. The average Bonchev–Trinajstić information content (AvgIpc) is 3.36. The zero-order chi connectivity index (χ0) is 22.9. The Hall–Kier alpha value is -3.50. The number of oxazole rings is 1. The summed E-state index contributed by atoms with van der Waals surface area (Å²) in [5, 5.41) is 2.23. The van der Waals surface area contributed by atoms with E-state index in [4.69, 9.17) is 4.42 Å². The van der Waals surface area contributed by atoms with Crippen molar-refractivity contribution in [3.8, 4) is 11.3 Å². The first kappa shape index (κ1) is 21.7. The van der Waals surface area contributed by atoms with Crippen molar-refractivity contribution < 1.29 is 17.6 Å². The molecular formula is C22H19N3O5S2. The Bertz CT molecular complexity index is 1460. The summed E-state index contributed by atoms with van der Waals surface area (Å²) < 4.78 is 29.8. The van der Waals surface area contributed by atoms with Gasteiger partial charge in [-0.15, -0.1) is 17.9 Å². The molecular weight excluding hydrogens is 450 g/mol. The highest BCUT2D eigenvalue weighted by molar-refractivity contribution is 7.90. The van der Waals surface area contributed by atoms with Gasteiger partial charge in [0.05, 0.1) is 16.1 Å². The number of rotatable bonds is 7. The van der Waals surface area contributed by atoms with Crippen LogP contribution in [0.5, 0.6) is 0 Å². The molecule has 0 bridgehead atoms. The Balaban J connectivity index is 1.61. The van der Waals surface area contributed by atoms with Crippen molar-refractivity contribution in [1.29, 1.82) is 0 Å². The summed E-state index contributed by atoms with van der Waals surface area (Å²) in [6.07, 6.45) is 2.73. The fraction of sp³-hybridized carbons (Fsp3) is 0.136. The van der Waals surface area contributed by atoms with E-state index in [0.29, 0.717) is 21.9 Å². The monoisotopic (exact) mass is 469 g/mol.